The quantitative estimate of drug-likeness (QED) is 0.611. The molecule has 0 aliphatic carbocycles. The molecule has 24 heavy (non-hydrogen) atoms. The second kappa shape index (κ2) is 6.78. The Kier molecular flexibility index (Phi) is 4.73. The summed E-state index contributed by atoms with van der Waals surface area (Å²) in [6.45, 7) is -1.36. The lowest BCUT2D eigenvalue weighted by atomic mass is 10.2. The molecule has 3 rings (SSSR count). The third kappa shape index (κ3) is 4.24. The van der Waals surface area contributed by atoms with E-state index in [-0.39, 0.29) is 5.88 Å². The second-order valence-corrected chi connectivity index (χ2v) is 6.13. The molecule has 0 aliphatic heterocycles. The predicted molar refractivity (Wildman–Crippen MR) is 87.3 cm³/mol. The fraction of sp³-hybridized carbons (Fsp3) is 0.125. The molecule has 0 amide bonds. The molecule has 3 aromatic rings. The third-order valence-corrected chi connectivity index (χ3v) is 4.15. The molecule has 2 heterocycles. The first-order chi connectivity index (χ1) is 11.4. The van der Waals surface area contributed by atoms with Gasteiger partial charge in [-0.25, -0.2) is 9.97 Å². The van der Waals surface area contributed by atoms with Crippen molar-refractivity contribution >= 4 is 22.9 Å². The zero-order chi connectivity index (χ0) is 17.2. The van der Waals surface area contributed by atoms with E-state index in [9.17, 15) is 13.2 Å². The lowest BCUT2D eigenvalue weighted by Gasteiger charge is -2.08. The van der Waals surface area contributed by atoms with E-state index in [1.165, 1.54) is 23.6 Å². The van der Waals surface area contributed by atoms with Crippen molar-refractivity contribution in [2.45, 2.75) is 6.18 Å². The van der Waals surface area contributed by atoms with E-state index in [0.717, 1.165) is 16.3 Å². The monoisotopic (exact) mass is 370 g/mol. The van der Waals surface area contributed by atoms with Crippen molar-refractivity contribution in [2.24, 2.45) is 0 Å². The molecule has 0 bridgehead atoms. The van der Waals surface area contributed by atoms with Crippen LogP contribution in [-0.4, -0.2) is 22.8 Å². The highest BCUT2D eigenvalue weighted by Gasteiger charge is 2.28. The maximum Gasteiger partial charge on any atom is 0.422 e. The summed E-state index contributed by atoms with van der Waals surface area (Å²) in [5.41, 5.74) is 2.43. The molecule has 0 saturated heterocycles. The SMILES string of the molecule is FC(F)(F)COc1ccc(-c2nc(-c3ccc(Cl)cc3)cs2)cn1. The minimum absolute atomic E-state index is 0.0782. The van der Waals surface area contributed by atoms with E-state index in [1.807, 2.05) is 17.5 Å². The minimum Gasteiger partial charge on any atom is -0.468 e. The number of nitrogens with zero attached hydrogens (tertiary/aromatic N) is 2. The van der Waals surface area contributed by atoms with E-state index in [2.05, 4.69) is 14.7 Å². The molecule has 0 N–H and O–H groups in total. The number of pyridine rings is 1. The van der Waals surface area contributed by atoms with Gasteiger partial charge in [-0.1, -0.05) is 23.7 Å². The summed E-state index contributed by atoms with van der Waals surface area (Å²) >= 11 is 7.28. The van der Waals surface area contributed by atoms with Gasteiger partial charge in [0, 0.05) is 33.8 Å². The van der Waals surface area contributed by atoms with Crippen molar-refractivity contribution < 1.29 is 17.9 Å². The van der Waals surface area contributed by atoms with E-state index < -0.39 is 12.8 Å². The van der Waals surface area contributed by atoms with Crippen LogP contribution in [0.1, 0.15) is 0 Å². The van der Waals surface area contributed by atoms with Crippen molar-refractivity contribution in [1.82, 2.24) is 9.97 Å². The molecule has 124 valence electrons. The Morgan fingerprint density at radius 3 is 2.38 bits per heavy atom. The Bertz CT molecular complexity index is 817. The molecule has 2 aromatic heterocycles. The highest BCUT2D eigenvalue weighted by atomic mass is 35.5. The second-order valence-electron chi connectivity index (χ2n) is 4.83. The third-order valence-electron chi connectivity index (χ3n) is 3.01. The summed E-state index contributed by atoms with van der Waals surface area (Å²) in [5, 5.41) is 3.26. The first kappa shape index (κ1) is 16.7. The van der Waals surface area contributed by atoms with Gasteiger partial charge in [-0.2, -0.15) is 13.2 Å². The van der Waals surface area contributed by atoms with Crippen molar-refractivity contribution in [3.63, 3.8) is 0 Å². The fourth-order valence-electron chi connectivity index (χ4n) is 1.91. The molecule has 0 radical (unpaired) electrons. The van der Waals surface area contributed by atoms with E-state index in [0.29, 0.717) is 10.6 Å². The molecule has 1 aromatic carbocycles. The van der Waals surface area contributed by atoms with Crippen molar-refractivity contribution in [2.75, 3.05) is 6.61 Å². The van der Waals surface area contributed by atoms with Crippen LogP contribution in [0, 0.1) is 0 Å². The number of aromatic nitrogens is 2. The van der Waals surface area contributed by atoms with Gasteiger partial charge in [-0.3, -0.25) is 0 Å². The van der Waals surface area contributed by atoms with Crippen LogP contribution in [0.5, 0.6) is 5.88 Å². The van der Waals surface area contributed by atoms with Gasteiger partial charge in [0.15, 0.2) is 6.61 Å². The molecule has 0 fully saturated rings. The smallest absolute Gasteiger partial charge is 0.422 e. The maximum absolute atomic E-state index is 12.1. The summed E-state index contributed by atoms with van der Waals surface area (Å²) in [6.07, 6.45) is -2.95. The molecule has 0 atom stereocenters. The van der Waals surface area contributed by atoms with E-state index in [4.69, 9.17) is 11.6 Å². The van der Waals surface area contributed by atoms with Crippen molar-refractivity contribution in [1.29, 1.82) is 0 Å². The predicted octanol–water partition coefficient (Wildman–Crippen LogP) is 5.47. The zero-order valence-electron chi connectivity index (χ0n) is 12.0. The number of hydrogen-bond donors (Lipinski definition) is 0. The van der Waals surface area contributed by atoms with Crippen LogP contribution in [-0.2, 0) is 0 Å². The number of alkyl halides is 3. The lowest BCUT2D eigenvalue weighted by Crippen LogP contribution is -2.19. The van der Waals surface area contributed by atoms with Crippen LogP contribution in [0.25, 0.3) is 21.8 Å². The summed E-state index contributed by atoms with van der Waals surface area (Å²) in [5.74, 6) is -0.0782. The largest absolute Gasteiger partial charge is 0.468 e. The summed E-state index contributed by atoms with van der Waals surface area (Å²) in [6, 6.07) is 10.3. The van der Waals surface area contributed by atoms with Crippen molar-refractivity contribution in [3.05, 3.63) is 53.0 Å². The summed E-state index contributed by atoms with van der Waals surface area (Å²) in [7, 11) is 0. The molecule has 3 nitrogen and oxygen atoms in total. The highest BCUT2D eigenvalue weighted by Crippen LogP contribution is 2.29. The normalized spacial score (nSPS) is 11.5. The van der Waals surface area contributed by atoms with Gasteiger partial charge >= 0.3 is 6.18 Å². The summed E-state index contributed by atoms with van der Waals surface area (Å²) in [4.78, 5) is 8.39. The number of thiazole rings is 1. The maximum atomic E-state index is 12.1. The Hall–Kier alpha value is -2.12. The fourth-order valence-corrected chi connectivity index (χ4v) is 2.85. The van der Waals surface area contributed by atoms with Gasteiger partial charge < -0.3 is 4.74 Å². The van der Waals surface area contributed by atoms with Gasteiger partial charge in [0.2, 0.25) is 5.88 Å². The average Bonchev–Trinajstić information content (AvgIpc) is 3.03. The number of hydrogen-bond acceptors (Lipinski definition) is 4. The zero-order valence-corrected chi connectivity index (χ0v) is 13.6. The molecular weight excluding hydrogens is 361 g/mol. The number of benzene rings is 1. The molecule has 0 aliphatic rings. The molecule has 0 unspecified atom stereocenters. The van der Waals surface area contributed by atoms with Crippen molar-refractivity contribution in [3.8, 4) is 27.7 Å². The minimum atomic E-state index is -4.39. The Morgan fingerprint density at radius 1 is 1.04 bits per heavy atom. The van der Waals surface area contributed by atoms with Crippen LogP contribution in [0.2, 0.25) is 5.02 Å². The number of ether oxygens (including phenoxy) is 1. The molecule has 8 heteroatoms. The number of rotatable bonds is 4. The standard InChI is InChI=1S/C16H10ClF3N2OS/c17-12-4-1-10(2-5-12)13-8-24-15(22-13)11-3-6-14(21-7-11)23-9-16(18,19)20/h1-8H,9H2. The van der Waals surface area contributed by atoms with Crippen LogP contribution in [0.4, 0.5) is 13.2 Å². The lowest BCUT2D eigenvalue weighted by molar-refractivity contribution is -0.154. The number of halogens is 4. The Morgan fingerprint density at radius 2 is 1.75 bits per heavy atom. The van der Waals surface area contributed by atoms with E-state index in [1.54, 1.807) is 18.2 Å². The summed E-state index contributed by atoms with van der Waals surface area (Å²) < 4.78 is 40.9. The first-order valence-corrected chi connectivity index (χ1v) is 8.04. The van der Waals surface area contributed by atoms with Gasteiger partial charge in [0.1, 0.15) is 5.01 Å². The molecule has 0 saturated carbocycles. The van der Waals surface area contributed by atoms with E-state index >= 15 is 0 Å². The molecule has 0 spiro atoms. The Labute approximate surface area is 144 Å². The van der Waals surface area contributed by atoms with Crippen LogP contribution < -0.4 is 4.74 Å². The topological polar surface area (TPSA) is 35.0 Å². The first-order valence-electron chi connectivity index (χ1n) is 6.78. The average molecular weight is 371 g/mol. The van der Waals surface area contributed by atoms with Gasteiger partial charge in [-0.15, -0.1) is 11.3 Å². The van der Waals surface area contributed by atoms with Gasteiger partial charge in [0.05, 0.1) is 5.69 Å². The highest BCUT2D eigenvalue weighted by molar-refractivity contribution is 7.13. The van der Waals surface area contributed by atoms with Gasteiger partial charge in [-0.05, 0) is 18.2 Å². The van der Waals surface area contributed by atoms with Gasteiger partial charge in [0.25, 0.3) is 0 Å². The van der Waals surface area contributed by atoms with Crippen LogP contribution in [0.15, 0.2) is 48.0 Å². The molecular formula is C16H10ClF3N2OS. The van der Waals surface area contributed by atoms with Crippen LogP contribution >= 0.6 is 22.9 Å². The van der Waals surface area contributed by atoms with Crippen LogP contribution in [0.3, 0.4) is 0 Å². The Balaban J connectivity index is 1.74.